The van der Waals surface area contributed by atoms with E-state index in [0.29, 0.717) is 10.6 Å². The zero-order valence-electron chi connectivity index (χ0n) is 11.6. The SMILES string of the molecule is CCCn1c(C)cc(C)c(-c2nnc(NC)s2)c1=O. The summed E-state index contributed by atoms with van der Waals surface area (Å²) in [6, 6.07) is 2.03. The molecule has 0 aliphatic carbocycles. The van der Waals surface area contributed by atoms with Crippen LogP contribution < -0.4 is 10.9 Å². The summed E-state index contributed by atoms with van der Waals surface area (Å²) >= 11 is 1.40. The number of nitrogens with one attached hydrogen (secondary N) is 1. The van der Waals surface area contributed by atoms with Crippen LogP contribution in [-0.4, -0.2) is 21.8 Å². The van der Waals surface area contributed by atoms with Crippen LogP contribution in [0.3, 0.4) is 0 Å². The lowest BCUT2D eigenvalue weighted by Crippen LogP contribution is -2.24. The second kappa shape index (κ2) is 5.52. The van der Waals surface area contributed by atoms with Gasteiger partial charge in [0.05, 0.1) is 5.56 Å². The van der Waals surface area contributed by atoms with Crippen molar-refractivity contribution in [1.82, 2.24) is 14.8 Å². The van der Waals surface area contributed by atoms with E-state index in [1.54, 1.807) is 7.05 Å². The molecule has 2 rings (SSSR count). The molecule has 2 heterocycles. The highest BCUT2D eigenvalue weighted by atomic mass is 32.1. The normalized spacial score (nSPS) is 10.7. The Hall–Kier alpha value is -1.69. The average Bonchev–Trinajstić information content (AvgIpc) is 2.83. The van der Waals surface area contributed by atoms with Gasteiger partial charge < -0.3 is 9.88 Å². The van der Waals surface area contributed by atoms with E-state index in [-0.39, 0.29) is 5.56 Å². The van der Waals surface area contributed by atoms with Crippen molar-refractivity contribution in [3.05, 3.63) is 27.7 Å². The Morgan fingerprint density at radius 1 is 1.37 bits per heavy atom. The topological polar surface area (TPSA) is 59.8 Å². The molecule has 0 atom stereocenters. The van der Waals surface area contributed by atoms with E-state index in [1.807, 2.05) is 24.5 Å². The number of anilines is 1. The average molecular weight is 278 g/mol. The zero-order valence-corrected chi connectivity index (χ0v) is 12.5. The van der Waals surface area contributed by atoms with Crippen molar-refractivity contribution in [3.63, 3.8) is 0 Å². The van der Waals surface area contributed by atoms with Gasteiger partial charge in [0.1, 0.15) is 0 Å². The molecule has 0 bridgehead atoms. The first-order valence-electron chi connectivity index (χ1n) is 6.31. The minimum atomic E-state index is 0.0261. The van der Waals surface area contributed by atoms with Crippen molar-refractivity contribution in [2.45, 2.75) is 33.7 Å². The fourth-order valence-electron chi connectivity index (χ4n) is 2.11. The van der Waals surface area contributed by atoms with Gasteiger partial charge in [-0.2, -0.15) is 0 Å². The molecule has 1 N–H and O–H groups in total. The lowest BCUT2D eigenvalue weighted by atomic mass is 10.1. The Labute approximate surface area is 116 Å². The predicted octanol–water partition coefficient (Wildman–Crippen LogP) is 2.44. The van der Waals surface area contributed by atoms with Gasteiger partial charge in [-0.05, 0) is 31.9 Å². The summed E-state index contributed by atoms with van der Waals surface area (Å²) in [5, 5.41) is 12.4. The molecule has 2 aromatic heterocycles. The molecule has 0 amide bonds. The van der Waals surface area contributed by atoms with Gasteiger partial charge in [-0.25, -0.2) is 0 Å². The summed E-state index contributed by atoms with van der Waals surface area (Å²) in [4.78, 5) is 12.6. The number of hydrogen-bond acceptors (Lipinski definition) is 5. The summed E-state index contributed by atoms with van der Waals surface area (Å²) in [6.07, 6.45) is 0.932. The number of hydrogen-bond donors (Lipinski definition) is 1. The van der Waals surface area contributed by atoms with Crippen molar-refractivity contribution >= 4 is 16.5 Å². The highest BCUT2D eigenvalue weighted by molar-refractivity contribution is 7.18. The van der Waals surface area contributed by atoms with Crippen LogP contribution >= 0.6 is 11.3 Å². The van der Waals surface area contributed by atoms with E-state index >= 15 is 0 Å². The van der Waals surface area contributed by atoms with Crippen molar-refractivity contribution in [2.75, 3.05) is 12.4 Å². The van der Waals surface area contributed by atoms with Gasteiger partial charge in [0, 0.05) is 19.3 Å². The standard InChI is InChI=1S/C13H18N4OS/c1-5-6-17-9(3)7-8(2)10(12(17)18)11-15-16-13(14-4)19-11/h7H,5-6H2,1-4H3,(H,14,16). The molecule has 0 aliphatic heterocycles. The molecule has 0 aromatic carbocycles. The molecule has 0 fully saturated rings. The Bertz CT molecular complexity index is 645. The Balaban J connectivity index is 2.62. The molecule has 0 saturated carbocycles. The molecule has 102 valence electrons. The summed E-state index contributed by atoms with van der Waals surface area (Å²) in [6.45, 7) is 6.71. The van der Waals surface area contributed by atoms with Gasteiger partial charge in [-0.1, -0.05) is 18.3 Å². The van der Waals surface area contributed by atoms with Crippen LogP contribution in [0.5, 0.6) is 0 Å². The maximum absolute atomic E-state index is 12.6. The van der Waals surface area contributed by atoms with E-state index in [9.17, 15) is 4.79 Å². The number of aryl methyl sites for hydroxylation is 2. The molecule has 0 radical (unpaired) electrons. The first-order valence-corrected chi connectivity index (χ1v) is 7.12. The zero-order chi connectivity index (χ0) is 14.0. The van der Waals surface area contributed by atoms with Crippen LogP contribution in [0, 0.1) is 13.8 Å². The highest BCUT2D eigenvalue weighted by Crippen LogP contribution is 2.26. The van der Waals surface area contributed by atoms with E-state index in [1.165, 1.54) is 11.3 Å². The summed E-state index contributed by atoms with van der Waals surface area (Å²) in [7, 11) is 1.79. The summed E-state index contributed by atoms with van der Waals surface area (Å²) in [5.74, 6) is 0. The van der Waals surface area contributed by atoms with Gasteiger partial charge in [0.2, 0.25) is 5.13 Å². The Morgan fingerprint density at radius 3 is 2.68 bits per heavy atom. The number of aromatic nitrogens is 3. The Morgan fingerprint density at radius 2 is 2.11 bits per heavy atom. The van der Waals surface area contributed by atoms with Crippen molar-refractivity contribution in [1.29, 1.82) is 0 Å². The minimum absolute atomic E-state index is 0.0261. The van der Waals surface area contributed by atoms with E-state index in [0.717, 1.165) is 29.4 Å². The summed E-state index contributed by atoms with van der Waals surface area (Å²) in [5.41, 5.74) is 2.64. The molecule has 5 nitrogen and oxygen atoms in total. The van der Waals surface area contributed by atoms with Crippen molar-refractivity contribution in [2.24, 2.45) is 0 Å². The lowest BCUT2D eigenvalue weighted by Gasteiger charge is -2.12. The second-order valence-corrected chi connectivity index (χ2v) is 5.44. The van der Waals surface area contributed by atoms with Crippen LogP contribution in [0.1, 0.15) is 24.6 Å². The first-order chi connectivity index (χ1) is 9.08. The lowest BCUT2D eigenvalue weighted by molar-refractivity contribution is 0.635. The monoisotopic (exact) mass is 278 g/mol. The van der Waals surface area contributed by atoms with Gasteiger partial charge in [0.25, 0.3) is 5.56 Å². The van der Waals surface area contributed by atoms with Crippen LogP contribution in [0.25, 0.3) is 10.6 Å². The third-order valence-electron chi connectivity index (χ3n) is 3.00. The molecule has 2 aromatic rings. The minimum Gasteiger partial charge on any atom is -0.363 e. The number of pyridine rings is 1. The summed E-state index contributed by atoms with van der Waals surface area (Å²) < 4.78 is 1.81. The predicted molar refractivity (Wildman–Crippen MR) is 78.9 cm³/mol. The molecule has 0 aliphatic rings. The van der Waals surface area contributed by atoms with Crippen molar-refractivity contribution < 1.29 is 0 Å². The quantitative estimate of drug-likeness (QED) is 0.933. The van der Waals surface area contributed by atoms with Crippen LogP contribution in [0.2, 0.25) is 0 Å². The fourth-order valence-corrected chi connectivity index (χ4v) is 2.91. The van der Waals surface area contributed by atoms with E-state index in [2.05, 4.69) is 22.4 Å². The van der Waals surface area contributed by atoms with Gasteiger partial charge in [-0.3, -0.25) is 4.79 Å². The first kappa shape index (κ1) is 13.7. The molecular weight excluding hydrogens is 260 g/mol. The molecular formula is C13H18N4OS. The van der Waals surface area contributed by atoms with Crippen LogP contribution in [0.15, 0.2) is 10.9 Å². The number of nitrogens with zero attached hydrogens (tertiary/aromatic N) is 3. The largest absolute Gasteiger partial charge is 0.363 e. The van der Waals surface area contributed by atoms with E-state index in [4.69, 9.17) is 0 Å². The molecule has 0 spiro atoms. The van der Waals surface area contributed by atoms with Gasteiger partial charge >= 0.3 is 0 Å². The van der Waals surface area contributed by atoms with Crippen LogP contribution in [-0.2, 0) is 6.54 Å². The smallest absolute Gasteiger partial charge is 0.261 e. The van der Waals surface area contributed by atoms with Gasteiger partial charge in [0.15, 0.2) is 5.01 Å². The van der Waals surface area contributed by atoms with Crippen molar-refractivity contribution in [3.8, 4) is 10.6 Å². The highest BCUT2D eigenvalue weighted by Gasteiger charge is 2.16. The van der Waals surface area contributed by atoms with Gasteiger partial charge in [-0.15, -0.1) is 10.2 Å². The molecule has 0 unspecified atom stereocenters. The molecule has 6 heteroatoms. The van der Waals surface area contributed by atoms with Crippen LogP contribution in [0.4, 0.5) is 5.13 Å². The molecule has 0 saturated heterocycles. The number of rotatable bonds is 4. The van der Waals surface area contributed by atoms with E-state index < -0.39 is 0 Å². The molecule has 19 heavy (non-hydrogen) atoms. The fraction of sp³-hybridized carbons (Fsp3) is 0.462. The third kappa shape index (κ3) is 2.53. The second-order valence-electron chi connectivity index (χ2n) is 4.46. The third-order valence-corrected chi connectivity index (χ3v) is 3.96. The maximum Gasteiger partial charge on any atom is 0.261 e. The maximum atomic E-state index is 12.6. The Kier molecular flexibility index (Phi) is 3.99.